The quantitative estimate of drug-likeness (QED) is 0.620. The van der Waals surface area contributed by atoms with Crippen molar-refractivity contribution in [3.8, 4) is 5.82 Å². The van der Waals surface area contributed by atoms with Gasteiger partial charge in [-0.25, -0.2) is 19.7 Å². The van der Waals surface area contributed by atoms with Crippen molar-refractivity contribution >= 4 is 11.8 Å². The van der Waals surface area contributed by atoms with E-state index in [0.717, 1.165) is 31.3 Å². The van der Waals surface area contributed by atoms with Crippen molar-refractivity contribution in [2.75, 3.05) is 31.1 Å². The van der Waals surface area contributed by atoms with Crippen molar-refractivity contribution in [3.63, 3.8) is 0 Å². The molecule has 1 atom stereocenters. The Bertz CT molecular complexity index is 1090. The molecule has 11 heteroatoms. The van der Waals surface area contributed by atoms with Gasteiger partial charge in [0.05, 0.1) is 0 Å². The molecule has 0 amide bonds. The van der Waals surface area contributed by atoms with Crippen LogP contribution in [0.25, 0.3) is 5.82 Å². The Hall–Kier alpha value is -3.47. The van der Waals surface area contributed by atoms with Crippen LogP contribution in [0.1, 0.15) is 18.4 Å². The number of halogens is 3. The minimum Gasteiger partial charge on any atom is -0.475 e. The predicted molar refractivity (Wildman–Crippen MR) is 118 cm³/mol. The Morgan fingerprint density at radius 2 is 1.76 bits per heavy atom. The molecule has 0 bridgehead atoms. The molecule has 2 aromatic heterocycles. The zero-order valence-corrected chi connectivity index (χ0v) is 18.4. The molecule has 34 heavy (non-hydrogen) atoms. The van der Waals surface area contributed by atoms with Crippen LogP contribution < -0.4 is 4.90 Å². The molecule has 2 fully saturated rings. The maximum atomic E-state index is 10.6. The minimum atomic E-state index is -5.08. The highest BCUT2D eigenvalue weighted by molar-refractivity contribution is 5.73. The average molecular weight is 474 g/mol. The molecule has 5 rings (SSSR count). The number of carboxylic acids is 1. The normalized spacial score (nSPS) is 20.4. The second-order valence-electron chi connectivity index (χ2n) is 8.63. The lowest BCUT2D eigenvalue weighted by molar-refractivity contribution is -0.192. The van der Waals surface area contributed by atoms with E-state index >= 15 is 0 Å². The number of carbonyl (C=O) groups is 1. The molecule has 8 nitrogen and oxygen atoms in total. The Morgan fingerprint density at radius 1 is 1.06 bits per heavy atom. The number of aliphatic carboxylic acids is 1. The number of likely N-dealkylation sites (tertiary alicyclic amines) is 1. The fourth-order valence-corrected chi connectivity index (χ4v) is 4.51. The lowest BCUT2D eigenvalue weighted by Crippen LogP contribution is -2.31. The van der Waals surface area contributed by atoms with E-state index in [4.69, 9.17) is 9.90 Å². The lowest BCUT2D eigenvalue weighted by Gasteiger charge is -2.25. The maximum absolute atomic E-state index is 10.6. The Kier molecular flexibility index (Phi) is 6.82. The van der Waals surface area contributed by atoms with Gasteiger partial charge in [0.2, 0.25) is 0 Å². The minimum absolute atomic E-state index is 0.398. The first-order valence-corrected chi connectivity index (χ1v) is 10.9. The number of alkyl halides is 3. The maximum Gasteiger partial charge on any atom is 0.490 e. The Labute approximate surface area is 194 Å². The largest absolute Gasteiger partial charge is 0.490 e. The number of benzene rings is 1. The van der Waals surface area contributed by atoms with E-state index in [1.165, 1.54) is 31.5 Å². The van der Waals surface area contributed by atoms with E-state index in [1.54, 1.807) is 18.9 Å². The zero-order valence-electron chi connectivity index (χ0n) is 18.4. The smallest absolute Gasteiger partial charge is 0.475 e. The summed E-state index contributed by atoms with van der Waals surface area (Å²) in [6.45, 7) is 5.57. The van der Waals surface area contributed by atoms with Gasteiger partial charge in [-0.3, -0.25) is 9.47 Å². The molecule has 1 aromatic carbocycles. The van der Waals surface area contributed by atoms with Crippen LogP contribution >= 0.6 is 0 Å². The summed E-state index contributed by atoms with van der Waals surface area (Å²) in [5.41, 5.74) is 1.81. The highest BCUT2D eigenvalue weighted by Gasteiger charge is 2.43. The molecule has 1 spiro atoms. The van der Waals surface area contributed by atoms with Crippen LogP contribution in [0, 0.1) is 5.41 Å². The van der Waals surface area contributed by atoms with E-state index < -0.39 is 12.1 Å². The van der Waals surface area contributed by atoms with Crippen molar-refractivity contribution in [1.82, 2.24) is 24.4 Å². The van der Waals surface area contributed by atoms with Crippen LogP contribution in [0.3, 0.4) is 0 Å². The fourth-order valence-electron chi connectivity index (χ4n) is 4.51. The molecular formula is C23H25F3N6O2. The second kappa shape index (κ2) is 9.80. The summed E-state index contributed by atoms with van der Waals surface area (Å²) in [7, 11) is 0. The highest BCUT2D eigenvalue weighted by atomic mass is 19.4. The Balaban J connectivity index is 0.000000344. The number of nitrogens with zero attached hydrogens (tertiary/aromatic N) is 6. The molecule has 4 heterocycles. The SMILES string of the molecule is O=C(O)C(F)(F)F.c1ccc(CN2CCC3(CCN(c4cc(-n5ccnc5)ncn4)C3)C2)cc1. The summed E-state index contributed by atoms with van der Waals surface area (Å²) < 4.78 is 33.7. The number of anilines is 1. The van der Waals surface area contributed by atoms with Crippen molar-refractivity contribution in [2.45, 2.75) is 25.6 Å². The summed E-state index contributed by atoms with van der Waals surface area (Å²) in [6.07, 6.45) is 4.54. The second-order valence-corrected chi connectivity index (χ2v) is 8.63. The fraction of sp³-hybridized carbons (Fsp3) is 0.391. The highest BCUT2D eigenvalue weighted by Crippen LogP contribution is 2.41. The standard InChI is InChI=1S/C21H24N6.C2HF3O2/c1-2-4-18(5-3-1)13-25-9-6-21(14-25)7-10-26(15-21)19-12-20(24-16-23-19)27-11-8-22-17-27;3-2(4,5)1(6)7/h1-5,8,11-12,16-17H,6-7,9-10,13-15H2;(H,6,7). The molecule has 0 saturated carbocycles. The Morgan fingerprint density at radius 3 is 2.44 bits per heavy atom. The van der Waals surface area contributed by atoms with Crippen molar-refractivity contribution in [1.29, 1.82) is 0 Å². The van der Waals surface area contributed by atoms with Crippen LogP contribution in [0.2, 0.25) is 0 Å². The molecule has 2 aliphatic heterocycles. The van der Waals surface area contributed by atoms with E-state index in [0.29, 0.717) is 5.41 Å². The van der Waals surface area contributed by atoms with E-state index in [1.807, 2.05) is 10.8 Å². The monoisotopic (exact) mass is 474 g/mol. The first-order chi connectivity index (χ1) is 16.2. The summed E-state index contributed by atoms with van der Waals surface area (Å²) in [5, 5.41) is 7.12. The van der Waals surface area contributed by atoms with Crippen LogP contribution in [-0.2, 0) is 11.3 Å². The van der Waals surface area contributed by atoms with Crippen molar-refractivity contribution < 1.29 is 23.1 Å². The molecule has 0 radical (unpaired) electrons. The van der Waals surface area contributed by atoms with Gasteiger partial charge in [-0.15, -0.1) is 0 Å². The van der Waals surface area contributed by atoms with Gasteiger partial charge >= 0.3 is 12.1 Å². The van der Waals surface area contributed by atoms with Gasteiger partial charge in [0, 0.05) is 50.1 Å². The third-order valence-electron chi connectivity index (χ3n) is 6.18. The summed E-state index contributed by atoms with van der Waals surface area (Å²) in [6, 6.07) is 12.9. The van der Waals surface area contributed by atoms with Gasteiger partial charge in [0.1, 0.15) is 24.3 Å². The number of carboxylic acid groups (broad SMARTS) is 1. The molecule has 2 aliphatic rings. The predicted octanol–water partition coefficient (Wildman–Crippen LogP) is 3.40. The molecule has 1 N–H and O–H groups in total. The van der Waals surface area contributed by atoms with Gasteiger partial charge in [0.25, 0.3) is 0 Å². The molecule has 1 unspecified atom stereocenters. The third kappa shape index (κ3) is 5.71. The topological polar surface area (TPSA) is 87.4 Å². The summed E-state index contributed by atoms with van der Waals surface area (Å²) in [4.78, 5) is 27.0. The first-order valence-electron chi connectivity index (χ1n) is 10.9. The van der Waals surface area contributed by atoms with Gasteiger partial charge in [-0.1, -0.05) is 30.3 Å². The van der Waals surface area contributed by atoms with Crippen molar-refractivity contribution in [2.24, 2.45) is 5.41 Å². The van der Waals surface area contributed by atoms with Gasteiger partial charge < -0.3 is 10.0 Å². The first kappa shape index (κ1) is 23.7. The van der Waals surface area contributed by atoms with E-state index in [9.17, 15) is 13.2 Å². The molecule has 0 aliphatic carbocycles. The molecule has 3 aromatic rings. The van der Waals surface area contributed by atoms with Gasteiger partial charge in [-0.05, 0) is 24.9 Å². The van der Waals surface area contributed by atoms with Gasteiger partial charge in [-0.2, -0.15) is 13.2 Å². The van der Waals surface area contributed by atoms with E-state index in [-0.39, 0.29) is 0 Å². The summed E-state index contributed by atoms with van der Waals surface area (Å²) in [5.74, 6) is -0.866. The molecule has 2 saturated heterocycles. The van der Waals surface area contributed by atoms with Crippen molar-refractivity contribution in [3.05, 3.63) is 67.0 Å². The van der Waals surface area contributed by atoms with Crippen LogP contribution in [0.5, 0.6) is 0 Å². The van der Waals surface area contributed by atoms with Gasteiger partial charge in [0.15, 0.2) is 0 Å². The number of hydrogen-bond acceptors (Lipinski definition) is 6. The van der Waals surface area contributed by atoms with Crippen LogP contribution in [0.15, 0.2) is 61.4 Å². The lowest BCUT2D eigenvalue weighted by atomic mass is 9.86. The average Bonchev–Trinajstić information content (AvgIpc) is 3.57. The number of aromatic nitrogens is 4. The zero-order chi connectivity index (χ0) is 24.2. The third-order valence-corrected chi connectivity index (χ3v) is 6.18. The summed E-state index contributed by atoms with van der Waals surface area (Å²) >= 11 is 0. The number of imidazole rings is 1. The molecular weight excluding hydrogens is 449 g/mol. The molecule has 180 valence electrons. The number of rotatable bonds is 4. The van der Waals surface area contributed by atoms with E-state index in [2.05, 4.69) is 61.1 Å². The van der Waals surface area contributed by atoms with Crippen LogP contribution in [0.4, 0.5) is 19.0 Å². The van der Waals surface area contributed by atoms with Crippen LogP contribution in [-0.4, -0.2) is 67.9 Å². The number of hydrogen-bond donors (Lipinski definition) is 1.